The van der Waals surface area contributed by atoms with Gasteiger partial charge in [-0.3, -0.25) is 9.89 Å². The quantitative estimate of drug-likeness (QED) is 0.619. The molecule has 26 heavy (non-hydrogen) atoms. The molecule has 0 radical (unpaired) electrons. The fourth-order valence-corrected chi connectivity index (χ4v) is 3.16. The highest BCUT2D eigenvalue weighted by Gasteiger charge is 2.33. The molecule has 5 nitrogen and oxygen atoms in total. The van der Waals surface area contributed by atoms with Crippen LogP contribution in [0.25, 0.3) is 0 Å². The topological polar surface area (TPSA) is 48.9 Å². The van der Waals surface area contributed by atoms with Crippen LogP contribution in [0.2, 0.25) is 0 Å². The van der Waals surface area contributed by atoms with Crippen molar-refractivity contribution in [2.24, 2.45) is 4.99 Å². The molecule has 1 heterocycles. The van der Waals surface area contributed by atoms with E-state index in [4.69, 9.17) is 4.74 Å². The van der Waals surface area contributed by atoms with Crippen molar-refractivity contribution in [3.8, 4) is 0 Å². The van der Waals surface area contributed by atoms with Crippen molar-refractivity contribution in [3.05, 3.63) is 35.4 Å². The lowest BCUT2D eigenvalue weighted by Crippen LogP contribution is -2.59. The molecule has 0 spiro atoms. The average Bonchev–Trinajstić information content (AvgIpc) is 2.57. The summed E-state index contributed by atoms with van der Waals surface area (Å²) in [6.45, 7) is 11.1. The molecular weight excluding hydrogens is 338 g/mol. The Kier molecular flexibility index (Phi) is 6.94. The molecule has 0 amide bonds. The summed E-state index contributed by atoms with van der Waals surface area (Å²) in [6, 6.07) is 3.43. The molecule has 0 saturated carbocycles. The molecule has 1 aliphatic rings. The van der Waals surface area contributed by atoms with E-state index in [-0.39, 0.29) is 29.9 Å². The Morgan fingerprint density at radius 3 is 2.50 bits per heavy atom. The summed E-state index contributed by atoms with van der Waals surface area (Å²) >= 11 is 0. The maximum absolute atomic E-state index is 13.7. The molecule has 1 aromatic rings. The second kappa shape index (κ2) is 8.77. The number of hydrogen-bond acceptors (Lipinski definition) is 3. The van der Waals surface area contributed by atoms with Crippen LogP contribution in [0.4, 0.5) is 8.78 Å². The highest BCUT2D eigenvalue weighted by molar-refractivity contribution is 5.79. The van der Waals surface area contributed by atoms with E-state index in [9.17, 15) is 8.78 Å². The number of aliphatic imine (C=N–C) groups is 1. The van der Waals surface area contributed by atoms with Gasteiger partial charge in [0.2, 0.25) is 0 Å². The molecule has 7 heteroatoms. The number of rotatable bonds is 5. The van der Waals surface area contributed by atoms with Gasteiger partial charge in [-0.2, -0.15) is 0 Å². The molecule has 2 rings (SSSR count). The first-order chi connectivity index (χ1) is 12.2. The van der Waals surface area contributed by atoms with E-state index in [2.05, 4.69) is 48.2 Å². The number of halogens is 2. The second-order valence-corrected chi connectivity index (χ2v) is 7.49. The van der Waals surface area contributed by atoms with Crippen molar-refractivity contribution in [2.45, 2.75) is 52.0 Å². The maximum Gasteiger partial charge on any atom is 0.191 e. The molecular formula is C19H30F2N4O. The van der Waals surface area contributed by atoms with E-state index in [0.29, 0.717) is 12.5 Å². The van der Waals surface area contributed by atoms with Gasteiger partial charge in [-0.25, -0.2) is 8.78 Å². The summed E-state index contributed by atoms with van der Waals surface area (Å²) < 4.78 is 32.8. The van der Waals surface area contributed by atoms with Crippen LogP contribution in [0.15, 0.2) is 23.2 Å². The zero-order valence-electron chi connectivity index (χ0n) is 16.3. The van der Waals surface area contributed by atoms with E-state index in [0.717, 1.165) is 25.2 Å². The second-order valence-electron chi connectivity index (χ2n) is 7.49. The van der Waals surface area contributed by atoms with E-state index in [1.807, 2.05) is 0 Å². The molecule has 1 fully saturated rings. The first kappa shape index (κ1) is 20.6. The molecule has 0 bridgehead atoms. The lowest BCUT2D eigenvalue weighted by atomic mass is 10.00. The molecule has 1 saturated heterocycles. The van der Waals surface area contributed by atoms with Crippen LogP contribution in [0.1, 0.15) is 33.3 Å². The van der Waals surface area contributed by atoms with Crippen molar-refractivity contribution in [2.75, 3.05) is 26.7 Å². The van der Waals surface area contributed by atoms with Gasteiger partial charge in [-0.15, -0.1) is 0 Å². The predicted octanol–water partition coefficient (Wildman–Crippen LogP) is 2.52. The van der Waals surface area contributed by atoms with Crippen molar-refractivity contribution in [3.63, 3.8) is 0 Å². The van der Waals surface area contributed by atoms with E-state index in [1.54, 1.807) is 7.05 Å². The molecule has 2 N–H and O–H groups in total. The Morgan fingerprint density at radius 1 is 1.23 bits per heavy atom. The van der Waals surface area contributed by atoms with E-state index < -0.39 is 11.6 Å². The molecule has 1 aliphatic heterocycles. The van der Waals surface area contributed by atoms with Gasteiger partial charge in [-0.1, -0.05) is 0 Å². The summed E-state index contributed by atoms with van der Waals surface area (Å²) in [6.07, 6.45) is 0.401. The highest BCUT2D eigenvalue weighted by atomic mass is 19.1. The normalized spacial score (nSPS) is 22.3. The van der Waals surface area contributed by atoms with Crippen LogP contribution in [0.3, 0.4) is 0 Å². The zero-order valence-corrected chi connectivity index (χ0v) is 16.3. The third-order valence-electron chi connectivity index (χ3n) is 4.64. The molecule has 1 aromatic carbocycles. The first-order valence-corrected chi connectivity index (χ1v) is 9.00. The third kappa shape index (κ3) is 5.64. The zero-order chi connectivity index (χ0) is 19.3. The lowest BCUT2D eigenvalue weighted by Gasteiger charge is -2.45. The number of nitrogens with one attached hydrogen (secondary N) is 2. The number of benzene rings is 1. The van der Waals surface area contributed by atoms with E-state index in [1.165, 1.54) is 6.07 Å². The number of morpholine rings is 1. The Hall–Kier alpha value is -1.73. The van der Waals surface area contributed by atoms with Crippen LogP contribution >= 0.6 is 0 Å². The number of guanidine groups is 1. The number of nitrogens with zero attached hydrogens (tertiary/aromatic N) is 2. The summed E-state index contributed by atoms with van der Waals surface area (Å²) in [5.74, 6) is -0.343. The van der Waals surface area contributed by atoms with Crippen molar-refractivity contribution < 1.29 is 13.5 Å². The Bertz CT molecular complexity index is 626. The van der Waals surface area contributed by atoms with Crippen LogP contribution in [-0.2, 0) is 11.3 Å². The van der Waals surface area contributed by atoms with Crippen LogP contribution in [-0.4, -0.2) is 55.3 Å². The summed E-state index contributed by atoms with van der Waals surface area (Å²) in [7, 11) is 1.66. The van der Waals surface area contributed by atoms with Crippen LogP contribution in [0, 0.1) is 11.6 Å². The Balaban J connectivity index is 1.90. The predicted molar refractivity (Wildman–Crippen MR) is 100 cm³/mol. The van der Waals surface area contributed by atoms with Gasteiger partial charge in [0.15, 0.2) is 5.96 Å². The number of ether oxygens (including phenoxy) is 1. The average molecular weight is 368 g/mol. The minimum atomic E-state index is -0.456. The highest BCUT2D eigenvalue weighted by Crippen LogP contribution is 2.20. The van der Waals surface area contributed by atoms with Gasteiger partial charge in [0, 0.05) is 44.3 Å². The molecule has 0 aromatic heterocycles. The Morgan fingerprint density at radius 2 is 1.88 bits per heavy atom. The summed E-state index contributed by atoms with van der Waals surface area (Å²) in [5.41, 5.74) is 0.164. The smallest absolute Gasteiger partial charge is 0.191 e. The molecule has 0 aliphatic carbocycles. The largest absolute Gasteiger partial charge is 0.373 e. The fraction of sp³-hybridized carbons (Fsp3) is 0.632. The van der Waals surface area contributed by atoms with Crippen molar-refractivity contribution in [1.82, 2.24) is 15.5 Å². The Labute approximate surface area is 154 Å². The first-order valence-electron chi connectivity index (χ1n) is 9.00. The van der Waals surface area contributed by atoms with E-state index >= 15 is 0 Å². The van der Waals surface area contributed by atoms with Crippen molar-refractivity contribution >= 4 is 5.96 Å². The minimum Gasteiger partial charge on any atom is -0.373 e. The van der Waals surface area contributed by atoms with Crippen LogP contribution in [0.5, 0.6) is 0 Å². The number of hydrogen-bond donors (Lipinski definition) is 2. The van der Waals surface area contributed by atoms with Gasteiger partial charge in [0.1, 0.15) is 11.6 Å². The third-order valence-corrected chi connectivity index (χ3v) is 4.64. The molecule has 2 unspecified atom stereocenters. The molecule has 146 valence electrons. The minimum absolute atomic E-state index is 0.103. The maximum atomic E-state index is 13.7. The SMILES string of the molecule is CN=C(NCc1cc(F)ccc1F)NCC(C)(C)N1CC(C)OC(C)C1. The lowest BCUT2D eigenvalue weighted by molar-refractivity contribution is -0.0946. The van der Waals surface area contributed by atoms with Crippen molar-refractivity contribution in [1.29, 1.82) is 0 Å². The van der Waals surface area contributed by atoms with Gasteiger partial charge >= 0.3 is 0 Å². The van der Waals surface area contributed by atoms with Crippen LogP contribution < -0.4 is 10.6 Å². The van der Waals surface area contributed by atoms with Gasteiger partial charge in [0.25, 0.3) is 0 Å². The monoisotopic (exact) mass is 368 g/mol. The fourth-order valence-electron chi connectivity index (χ4n) is 3.16. The van der Waals surface area contributed by atoms with Gasteiger partial charge in [-0.05, 0) is 45.9 Å². The molecule has 2 atom stereocenters. The standard InChI is InChI=1S/C19H30F2N4O/c1-13-10-25(11-14(2)26-13)19(3,4)12-24-18(22-5)23-9-15-8-16(20)6-7-17(15)21/h6-8,13-14H,9-12H2,1-5H3,(H2,22,23,24). The summed E-state index contributed by atoms with van der Waals surface area (Å²) in [4.78, 5) is 6.57. The summed E-state index contributed by atoms with van der Waals surface area (Å²) in [5, 5.41) is 6.32. The van der Waals surface area contributed by atoms with Gasteiger partial charge in [0.05, 0.1) is 12.2 Å². The van der Waals surface area contributed by atoms with Gasteiger partial charge < -0.3 is 15.4 Å².